The molecule has 0 spiro atoms. The second-order valence-electron chi connectivity index (χ2n) is 7.12. The van der Waals surface area contributed by atoms with Crippen molar-refractivity contribution in [2.75, 3.05) is 106 Å². The fourth-order valence-corrected chi connectivity index (χ4v) is 2.82. The van der Waals surface area contributed by atoms with Crippen molar-refractivity contribution in [2.45, 2.75) is 19.3 Å². The molecule has 198 valence electrons. The van der Waals surface area contributed by atoms with E-state index in [0.717, 1.165) is 0 Å². The van der Waals surface area contributed by atoms with Crippen molar-refractivity contribution in [3.05, 3.63) is 12.8 Å². The van der Waals surface area contributed by atoms with Crippen LogP contribution in [0.5, 0.6) is 0 Å². The SMILES string of the molecule is C=COCCOCCOCCOCCOCCOCCOCCOCCN1C(=O)CCCC1=O. The Balaban J connectivity index is 1.69. The van der Waals surface area contributed by atoms with Gasteiger partial charge in [-0.3, -0.25) is 14.5 Å². The van der Waals surface area contributed by atoms with Crippen molar-refractivity contribution < 1.29 is 47.5 Å². The van der Waals surface area contributed by atoms with Crippen LogP contribution in [0.25, 0.3) is 0 Å². The van der Waals surface area contributed by atoms with E-state index >= 15 is 0 Å². The zero-order chi connectivity index (χ0) is 24.5. The van der Waals surface area contributed by atoms with E-state index in [9.17, 15) is 9.59 Å². The van der Waals surface area contributed by atoms with Crippen LogP contribution in [0.3, 0.4) is 0 Å². The number of rotatable bonds is 25. The molecule has 1 fully saturated rings. The summed E-state index contributed by atoms with van der Waals surface area (Å²) in [5.41, 5.74) is 0. The van der Waals surface area contributed by atoms with Crippen molar-refractivity contribution >= 4 is 11.8 Å². The molecule has 0 aromatic rings. The molecule has 1 saturated heterocycles. The number of imide groups is 1. The number of likely N-dealkylation sites (tertiary alicyclic amines) is 1. The van der Waals surface area contributed by atoms with Gasteiger partial charge in [0.05, 0.1) is 105 Å². The first kappa shape index (κ1) is 30.4. The van der Waals surface area contributed by atoms with E-state index in [4.69, 9.17) is 37.9 Å². The van der Waals surface area contributed by atoms with Gasteiger partial charge in [0, 0.05) is 12.8 Å². The Bertz CT molecular complexity index is 504. The van der Waals surface area contributed by atoms with Crippen molar-refractivity contribution in [1.29, 1.82) is 0 Å². The van der Waals surface area contributed by atoms with Gasteiger partial charge in [0.25, 0.3) is 0 Å². The Morgan fingerprint density at radius 1 is 0.559 bits per heavy atom. The highest BCUT2D eigenvalue weighted by Crippen LogP contribution is 2.11. The molecule has 0 atom stereocenters. The molecule has 1 heterocycles. The van der Waals surface area contributed by atoms with Crippen molar-refractivity contribution in [3.63, 3.8) is 0 Å². The smallest absolute Gasteiger partial charge is 0.229 e. The topological polar surface area (TPSA) is 111 Å². The van der Waals surface area contributed by atoms with E-state index in [1.54, 1.807) is 0 Å². The minimum atomic E-state index is -0.112. The molecule has 2 amide bonds. The maximum absolute atomic E-state index is 11.6. The minimum Gasteiger partial charge on any atom is -0.499 e. The van der Waals surface area contributed by atoms with Crippen molar-refractivity contribution in [1.82, 2.24) is 4.90 Å². The lowest BCUT2D eigenvalue weighted by molar-refractivity contribution is -0.148. The molecule has 0 aliphatic carbocycles. The first-order valence-corrected chi connectivity index (χ1v) is 11.9. The molecule has 0 saturated carbocycles. The molecule has 0 radical (unpaired) electrons. The van der Waals surface area contributed by atoms with E-state index in [1.807, 2.05) is 0 Å². The van der Waals surface area contributed by atoms with E-state index < -0.39 is 0 Å². The number of nitrogens with zero attached hydrogens (tertiary/aromatic N) is 1. The zero-order valence-corrected chi connectivity index (χ0v) is 20.2. The monoisotopic (exact) mass is 491 g/mol. The lowest BCUT2D eigenvalue weighted by Crippen LogP contribution is -2.42. The predicted octanol–water partition coefficient (Wildman–Crippen LogP) is 0.802. The van der Waals surface area contributed by atoms with Gasteiger partial charge in [-0.1, -0.05) is 6.58 Å². The van der Waals surface area contributed by atoms with Gasteiger partial charge in [0.2, 0.25) is 11.8 Å². The summed E-state index contributed by atoms with van der Waals surface area (Å²) in [6, 6.07) is 0. The molecule has 0 N–H and O–H groups in total. The van der Waals surface area contributed by atoms with Crippen LogP contribution in [0.4, 0.5) is 0 Å². The third-order valence-corrected chi connectivity index (χ3v) is 4.54. The highest BCUT2D eigenvalue weighted by molar-refractivity contribution is 5.97. The summed E-state index contributed by atoms with van der Waals surface area (Å²) in [5.74, 6) is -0.224. The van der Waals surface area contributed by atoms with Gasteiger partial charge >= 0.3 is 0 Å². The summed E-state index contributed by atoms with van der Waals surface area (Å²) in [7, 11) is 0. The maximum Gasteiger partial charge on any atom is 0.229 e. The van der Waals surface area contributed by atoms with Gasteiger partial charge in [-0.15, -0.1) is 0 Å². The van der Waals surface area contributed by atoms with Crippen LogP contribution < -0.4 is 0 Å². The van der Waals surface area contributed by atoms with Crippen LogP contribution in [0, 0.1) is 0 Å². The third-order valence-electron chi connectivity index (χ3n) is 4.54. The number of hydrogen-bond donors (Lipinski definition) is 0. The first-order valence-electron chi connectivity index (χ1n) is 11.9. The summed E-state index contributed by atoms with van der Waals surface area (Å²) < 4.78 is 42.7. The van der Waals surface area contributed by atoms with Crippen LogP contribution in [-0.2, 0) is 47.5 Å². The number of ether oxygens (including phenoxy) is 8. The molecule has 1 rings (SSSR count). The Labute approximate surface area is 202 Å². The van der Waals surface area contributed by atoms with E-state index in [-0.39, 0.29) is 11.8 Å². The number of carbonyl (C=O) groups is 2. The van der Waals surface area contributed by atoms with Gasteiger partial charge in [0.15, 0.2) is 0 Å². The van der Waals surface area contributed by atoms with E-state index in [1.165, 1.54) is 11.2 Å². The van der Waals surface area contributed by atoms with Gasteiger partial charge < -0.3 is 37.9 Å². The Hall–Kier alpha value is -1.60. The van der Waals surface area contributed by atoms with Gasteiger partial charge in [-0.05, 0) is 6.42 Å². The molecular weight excluding hydrogens is 450 g/mol. The summed E-state index contributed by atoms with van der Waals surface area (Å²) in [6.07, 6.45) is 2.91. The molecule has 1 aliphatic rings. The zero-order valence-electron chi connectivity index (χ0n) is 20.2. The van der Waals surface area contributed by atoms with Crippen LogP contribution in [0.1, 0.15) is 19.3 Å². The summed E-state index contributed by atoms with van der Waals surface area (Å²) in [5, 5.41) is 0. The Morgan fingerprint density at radius 3 is 1.24 bits per heavy atom. The number of carbonyl (C=O) groups excluding carboxylic acids is 2. The highest BCUT2D eigenvalue weighted by atomic mass is 16.6. The van der Waals surface area contributed by atoms with Crippen molar-refractivity contribution in [2.24, 2.45) is 0 Å². The second-order valence-corrected chi connectivity index (χ2v) is 7.12. The molecule has 1 aliphatic heterocycles. The fraction of sp³-hybridized carbons (Fsp3) is 0.826. The predicted molar refractivity (Wildman–Crippen MR) is 122 cm³/mol. The summed E-state index contributed by atoms with van der Waals surface area (Å²) in [4.78, 5) is 24.6. The largest absolute Gasteiger partial charge is 0.499 e. The standard InChI is InChI=1S/C23H41NO10/c1-2-27-8-9-29-12-13-31-16-17-33-20-21-34-19-18-32-15-14-30-11-10-28-7-6-24-22(25)4-3-5-23(24)26/h2H,1,3-21H2. The molecule has 34 heavy (non-hydrogen) atoms. The van der Waals surface area contributed by atoms with Crippen LogP contribution in [0.15, 0.2) is 12.8 Å². The summed E-state index contributed by atoms with van der Waals surface area (Å²) >= 11 is 0. The average molecular weight is 492 g/mol. The van der Waals surface area contributed by atoms with Crippen LogP contribution >= 0.6 is 0 Å². The molecule has 11 nitrogen and oxygen atoms in total. The lowest BCUT2D eigenvalue weighted by Gasteiger charge is -2.24. The molecule has 0 aromatic heterocycles. The Kier molecular flexibility index (Phi) is 20.7. The highest BCUT2D eigenvalue weighted by Gasteiger charge is 2.25. The molecular formula is C23H41NO10. The number of hydrogen-bond acceptors (Lipinski definition) is 10. The number of piperidine rings is 1. The molecule has 0 aromatic carbocycles. The number of amides is 2. The molecule has 0 bridgehead atoms. The maximum atomic E-state index is 11.6. The lowest BCUT2D eigenvalue weighted by atomic mass is 10.1. The van der Waals surface area contributed by atoms with E-state index in [0.29, 0.717) is 125 Å². The summed E-state index contributed by atoms with van der Waals surface area (Å²) in [6.45, 7) is 10.9. The quantitative estimate of drug-likeness (QED) is 0.103. The Morgan fingerprint density at radius 2 is 0.882 bits per heavy atom. The molecule has 0 unspecified atom stereocenters. The van der Waals surface area contributed by atoms with Crippen LogP contribution in [-0.4, -0.2) is 122 Å². The average Bonchev–Trinajstić information content (AvgIpc) is 2.83. The fourth-order valence-electron chi connectivity index (χ4n) is 2.82. The second kappa shape index (κ2) is 23.2. The first-order chi connectivity index (χ1) is 16.8. The van der Waals surface area contributed by atoms with Crippen molar-refractivity contribution in [3.8, 4) is 0 Å². The molecule has 11 heteroatoms. The van der Waals surface area contributed by atoms with E-state index in [2.05, 4.69) is 6.58 Å². The van der Waals surface area contributed by atoms with Gasteiger partial charge in [-0.2, -0.15) is 0 Å². The third kappa shape index (κ3) is 17.8. The van der Waals surface area contributed by atoms with Crippen LogP contribution in [0.2, 0.25) is 0 Å². The minimum absolute atomic E-state index is 0.112. The normalized spacial score (nSPS) is 14.1. The van der Waals surface area contributed by atoms with Gasteiger partial charge in [0.1, 0.15) is 6.61 Å². The van der Waals surface area contributed by atoms with Gasteiger partial charge in [-0.25, -0.2) is 0 Å².